The third-order valence-electron chi connectivity index (χ3n) is 2.92. The maximum atomic E-state index is 12.3. The van der Waals surface area contributed by atoms with E-state index in [1.165, 1.54) is 6.92 Å². The standard InChI is InChI=1S/C15H14BrNO3S2/c1-9(18)20-15(2,3)13(19)22-14(21)17-7-6-10-8-11(16)4-5-12(10)17/h4-8H,1-3H3. The summed E-state index contributed by atoms with van der Waals surface area (Å²) in [6.07, 6.45) is 1.82. The number of carbonyl (C=O) groups is 2. The van der Waals surface area contributed by atoms with Gasteiger partial charge in [0.1, 0.15) is 0 Å². The van der Waals surface area contributed by atoms with E-state index in [1.807, 2.05) is 30.5 Å². The van der Waals surface area contributed by atoms with Crippen LogP contribution in [0.4, 0.5) is 0 Å². The van der Waals surface area contributed by atoms with E-state index in [9.17, 15) is 9.59 Å². The molecule has 1 aromatic heterocycles. The molecule has 1 heterocycles. The third-order valence-corrected chi connectivity index (χ3v) is 4.91. The Hall–Kier alpha value is -1.18. The van der Waals surface area contributed by atoms with Crippen molar-refractivity contribution in [2.75, 3.05) is 0 Å². The molecule has 0 fully saturated rings. The first-order valence-electron chi connectivity index (χ1n) is 6.43. The molecule has 0 bridgehead atoms. The lowest BCUT2D eigenvalue weighted by Crippen LogP contribution is -2.35. The molecular weight excluding hydrogens is 386 g/mol. The Labute approximate surface area is 146 Å². The topological polar surface area (TPSA) is 48.3 Å². The van der Waals surface area contributed by atoms with Gasteiger partial charge in [-0.25, -0.2) is 0 Å². The van der Waals surface area contributed by atoms with Crippen LogP contribution >= 0.6 is 39.9 Å². The lowest BCUT2D eigenvalue weighted by Gasteiger charge is -2.22. The summed E-state index contributed by atoms with van der Waals surface area (Å²) in [6.45, 7) is 4.38. The van der Waals surface area contributed by atoms with Crippen molar-refractivity contribution >= 4 is 66.2 Å². The van der Waals surface area contributed by atoms with E-state index in [-0.39, 0.29) is 5.12 Å². The number of thiocarbonyl (C=S) groups is 1. The van der Waals surface area contributed by atoms with E-state index in [1.54, 1.807) is 18.4 Å². The number of benzene rings is 1. The number of thioether (sulfide) groups is 1. The first-order valence-corrected chi connectivity index (χ1v) is 8.45. The minimum Gasteiger partial charge on any atom is -0.451 e. The van der Waals surface area contributed by atoms with Gasteiger partial charge in [-0.3, -0.25) is 9.59 Å². The zero-order valence-electron chi connectivity index (χ0n) is 12.3. The molecule has 0 amide bonds. The molecule has 0 atom stereocenters. The van der Waals surface area contributed by atoms with Crippen molar-refractivity contribution in [2.45, 2.75) is 26.4 Å². The Morgan fingerprint density at radius 3 is 2.64 bits per heavy atom. The molecule has 0 aliphatic heterocycles. The molecule has 0 aliphatic carbocycles. The highest BCUT2D eigenvalue weighted by Gasteiger charge is 2.32. The Bertz CT molecular complexity index is 767. The van der Waals surface area contributed by atoms with Crippen molar-refractivity contribution < 1.29 is 14.3 Å². The van der Waals surface area contributed by atoms with Crippen molar-refractivity contribution in [1.82, 2.24) is 4.57 Å². The fourth-order valence-electron chi connectivity index (χ4n) is 1.92. The second kappa shape index (κ2) is 6.52. The zero-order chi connectivity index (χ0) is 16.5. The maximum absolute atomic E-state index is 12.3. The van der Waals surface area contributed by atoms with Crippen molar-refractivity contribution in [2.24, 2.45) is 0 Å². The van der Waals surface area contributed by atoms with E-state index in [4.69, 9.17) is 17.0 Å². The Morgan fingerprint density at radius 1 is 1.32 bits per heavy atom. The molecule has 0 N–H and O–H groups in total. The van der Waals surface area contributed by atoms with Gasteiger partial charge in [0, 0.05) is 23.0 Å². The molecule has 116 valence electrons. The number of aromatic nitrogens is 1. The number of ether oxygens (including phenoxy) is 1. The van der Waals surface area contributed by atoms with E-state index in [2.05, 4.69) is 15.9 Å². The summed E-state index contributed by atoms with van der Waals surface area (Å²) in [7, 11) is 0. The van der Waals surface area contributed by atoms with Crippen LogP contribution in [0.25, 0.3) is 10.9 Å². The molecule has 0 spiro atoms. The molecule has 7 heteroatoms. The number of nitrogens with zero attached hydrogens (tertiary/aromatic N) is 1. The number of halogens is 1. The van der Waals surface area contributed by atoms with Crippen molar-refractivity contribution in [3.63, 3.8) is 0 Å². The molecular formula is C15H14BrNO3S2. The predicted molar refractivity (Wildman–Crippen MR) is 96.1 cm³/mol. The van der Waals surface area contributed by atoms with Crippen molar-refractivity contribution in [3.05, 3.63) is 34.9 Å². The van der Waals surface area contributed by atoms with Crippen LogP contribution in [0.2, 0.25) is 0 Å². The average Bonchev–Trinajstić information content (AvgIpc) is 2.79. The molecule has 2 rings (SSSR count). The number of fused-ring (bicyclic) bond motifs is 1. The zero-order valence-corrected chi connectivity index (χ0v) is 15.5. The lowest BCUT2D eigenvalue weighted by molar-refractivity contribution is -0.158. The van der Waals surface area contributed by atoms with E-state index < -0.39 is 11.6 Å². The minimum absolute atomic E-state index is 0.313. The summed E-state index contributed by atoms with van der Waals surface area (Å²) in [6, 6.07) is 7.74. The smallest absolute Gasteiger partial charge is 0.303 e. The van der Waals surface area contributed by atoms with Gasteiger partial charge >= 0.3 is 5.97 Å². The summed E-state index contributed by atoms with van der Waals surface area (Å²) >= 11 is 9.66. The van der Waals surface area contributed by atoms with Crippen LogP contribution in [0.3, 0.4) is 0 Å². The quantitative estimate of drug-likeness (QED) is 0.560. The first kappa shape index (κ1) is 17.2. The van der Waals surface area contributed by atoms with Crippen molar-refractivity contribution in [1.29, 1.82) is 0 Å². The average molecular weight is 400 g/mol. The Morgan fingerprint density at radius 2 is 2.00 bits per heavy atom. The number of hydrogen-bond acceptors (Lipinski definition) is 5. The molecule has 0 radical (unpaired) electrons. The number of carbonyl (C=O) groups excluding carboxylic acids is 2. The van der Waals surface area contributed by atoms with E-state index in [0.29, 0.717) is 4.32 Å². The van der Waals surface area contributed by atoms with Crippen molar-refractivity contribution in [3.8, 4) is 0 Å². The molecule has 0 aliphatic rings. The van der Waals surface area contributed by atoms with Gasteiger partial charge in [0.25, 0.3) is 0 Å². The van der Waals surface area contributed by atoms with Gasteiger partial charge in [-0.1, -0.05) is 28.1 Å². The van der Waals surface area contributed by atoms with Gasteiger partial charge in [0.2, 0.25) is 5.12 Å². The lowest BCUT2D eigenvalue weighted by atomic mass is 10.2. The van der Waals surface area contributed by atoms with Gasteiger partial charge in [-0.05, 0) is 49.9 Å². The molecule has 4 nitrogen and oxygen atoms in total. The summed E-state index contributed by atoms with van der Waals surface area (Å²) in [4.78, 5) is 23.3. The summed E-state index contributed by atoms with van der Waals surface area (Å²) in [5.41, 5.74) is -0.300. The maximum Gasteiger partial charge on any atom is 0.303 e. The highest BCUT2D eigenvalue weighted by Crippen LogP contribution is 2.26. The molecule has 0 unspecified atom stereocenters. The monoisotopic (exact) mass is 399 g/mol. The van der Waals surface area contributed by atoms with Crippen LogP contribution in [0.1, 0.15) is 20.8 Å². The highest BCUT2D eigenvalue weighted by atomic mass is 79.9. The van der Waals surface area contributed by atoms with E-state index in [0.717, 1.165) is 27.1 Å². The van der Waals surface area contributed by atoms with Gasteiger partial charge in [-0.15, -0.1) is 0 Å². The van der Waals surface area contributed by atoms with Gasteiger partial charge in [0.15, 0.2) is 9.92 Å². The van der Waals surface area contributed by atoms with Gasteiger partial charge in [-0.2, -0.15) is 0 Å². The third kappa shape index (κ3) is 3.77. The SMILES string of the molecule is CC(=O)OC(C)(C)C(=O)SC(=S)n1ccc2cc(Br)ccc21. The predicted octanol–water partition coefficient (Wildman–Crippen LogP) is 4.14. The van der Waals surface area contributed by atoms with Crippen LogP contribution in [0, 0.1) is 0 Å². The Balaban J connectivity index is 2.21. The normalized spacial score (nSPS) is 11.5. The number of esters is 1. The number of rotatable bonds is 2. The summed E-state index contributed by atoms with van der Waals surface area (Å²) in [5, 5.41) is 0.704. The molecule has 0 saturated heterocycles. The van der Waals surface area contributed by atoms with Crippen LogP contribution in [-0.4, -0.2) is 25.6 Å². The van der Waals surface area contributed by atoms with Gasteiger partial charge in [0.05, 0.1) is 5.52 Å². The van der Waals surface area contributed by atoms with Crippen LogP contribution in [-0.2, 0) is 14.3 Å². The second-order valence-electron chi connectivity index (χ2n) is 5.15. The van der Waals surface area contributed by atoms with Gasteiger partial charge < -0.3 is 9.30 Å². The second-order valence-corrected chi connectivity index (χ2v) is 7.67. The molecule has 2 aromatic rings. The highest BCUT2D eigenvalue weighted by molar-refractivity contribution is 9.10. The fourth-order valence-corrected chi connectivity index (χ4v) is 3.39. The molecule has 22 heavy (non-hydrogen) atoms. The fraction of sp³-hybridized carbons (Fsp3) is 0.267. The van der Waals surface area contributed by atoms with Crippen LogP contribution < -0.4 is 0 Å². The molecule has 0 saturated carbocycles. The summed E-state index contributed by atoms with van der Waals surface area (Å²) in [5.74, 6) is -0.499. The number of hydrogen-bond donors (Lipinski definition) is 0. The summed E-state index contributed by atoms with van der Waals surface area (Å²) < 4.78 is 8.17. The molecule has 1 aromatic carbocycles. The largest absolute Gasteiger partial charge is 0.451 e. The van der Waals surface area contributed by atoms with E-state index >= 15 is 0 Å². The first-order chi connectivity index (χ1) is 10.2. The van der Waals surface area contributed by atoms with Crippen LogP contribution in [0.5, 0.6) is 0 Å². The minimum atomic E-state index is -1.22. The van der Waals surface area contributed by atoms with Crippen LogP contribution in [0.15, 0.2) is 34.9 Å². The Kier molecular flexibility index (Phi) is 5.09.